The molecule has 0 aliphatic carbocycles. The minimum atomic E-state index is -0.444. The van der Waals surface area contributed by atoms with Gasteiger partial charge >= 0.3 is 0 Å². The predicted octanol–water partition coefficient (Wildman–Crippen LogP) is 0.935. The van der Waals surface area contributed by atoms with Crippen LogP contribution in [-0.4, -0.2) is 60.7 Å². The normalized spacial score (nSPS) is 28.1. The van der Waals surface area contributed by atoms with E-state index in [1.54, 1.807) is 19.0 Å². The van der Waals surface area contributed by atoms with E-state index in [1.807, 2.05) is 4.90 Å². The molecule has 120 valence electrons. The van der Waals surface area contributed by atoms with Gasteiger partial charge in [0.15, 0.2) is 5.82 Å². The molecule has 22 heavy (non-hydrogen) atoms. The summed E-state index contributed by atoms with van der Waals surface area (Å²) in [5.74, 6) is 0.324. The zero-order chi connectivity index (χ0) is 15.7. The molecule has 1 amide bonds. The summed E-state index contributed by atoms with van der Waals surface area (Å²) in [5, 5.41) is 0. The van der Waals surface area contributed by atoms with Crippen molar-refractivity contribution in [1.29, 1.82) is 0 Å². The molecule has 0 saturated carbocycles. The van der Waals surface area contributed by atoms with Crippen molar-refractivity contribution in [2.45, 2.75) is 18.9 Å². The molecule has 7 heteroatoms. The van der Waals surface area contributed by atoms with E-state index in [2.05, 4.69) is 9.97 Å². The molecule has 3 atom stereocenters. The molecule has 2 fully saturated rings. The molecule has 2 saturated heterocycles. The summed E-state index contributed by atoms with van der Waals surface area (Å²) >= 11 is 0. The molecular weight excluding hydrogens is 287 g/mol. The molecule has 3 heterocycles. The third-order valence-corrected chi connectivity index (χ3v) is 4.52. The van der Waals surface area contributed by atoms with Crippen LogP contribution in [0.25, 0.3) is 0 Å². The van der Waals surface area contributed by atoms with Crippen LogP contribution >= 0.6 is 0 Å². The number of nitrogens with zero attached hydrogens (tertiary/aromatic N) is 4. The van der Waals surface area contributed by atoms with Crippen LogP contribution < -0.4 is 4.90 Å². The van der Waals surface area contributed by atoms with Crippen molar-refractivity contribution in [2.75, 3.05) is 38.7 Å². The second kappa shape index (κ2) is 6.16. The number of piperidine rings is 1. The maximum Gasteiger partial charge on any atom is 0.225 e. The van der Waals surface area contributed by atoms with Crippen LogP contribution in [0.4, 0.5) is 10.3 Å². The summed E-state index contributed by atoms with van der Waals surface area (Å²) in [5.41, 5.74) is 0. The lowest BCUT2D eigenvalue weighted by Gasteiger charge is -2.45. The Labute approximate surface area is 129 Å². The average molecular weight is 308 g/mol. The summed E-state index contributed by atoms with van der Waals surface area (Å²) in [4.78, 5) is 24.2. The minimum Gasteiger partial charge on any atom is -0.378 e. The van der Waals surface area contributed by atoms with Crippen molar-refractivity contribution in [3.05, 3.63) is 18.2 Å². The minimum absolute atomic E-state index is 0.0306. The topological polar surface area (TPSA) is 58.6 Å². The van der Waals surface area contributed by atoms with Crippen molar-refractivity contribution in [3.63, 3.8) is 0 Å². The number of hydrogen-bond donors (Lipinski definition) is 0. The Hall–Kier alpha value is -1.76. The monoisotopic (exact) mass is 308 g/mol. The van der Waals surface area contributed by atoms with Crippen LogP contribution in [0.5, 0.6) is 0 Å². The quantitative estimate of drug-likeness (QED) is 0.814. The molecule has 0 unspecified atom stereocenters. The highest BCUT2D eigenvalue weighted by Gasteiger charge is 2.42. The lowest BCUT2D eigenvalue weighted by Crippen LogP contribution is -2.53. The number of anilines is 1. The zero-order valence-electron chi connectivity index (χ0n) is 12.9. The van der Waals surface area contributed by atoms with Crippen LogP contribution in [-0.2, 0) is 9.53 Å². The number of rotatable bonds is 2. The van der Waals surface area contributed by atoms with Gasteiger partial charge in [0.2, 0.25) is 11.9 Å². The molecule has 1 aromatic heterocycles. The lowest BCUT2D eigenvalue weighted by molar-refractivity contribution is -0.144. The fraction of sp³-hybridized carbons (Fsp3) is 0.667. The Morgan fingerprint density at radius 2 is 2.09 bits per heavy atom. The number of amides is 1. The summed E-state index contributed by atoms with van der Waals surface area (Å²) in [7, 11) is 3.58. The highest BCUT2D eigenvalue weighted by Crippen LogP contribution is 2.34. The molecule has 0 spiro atoms. The molecule has 1 aromatic rings. The van der Waals surface area contributed by atoms with Gasteiger partial charge in [-0.1, -0.05) is 0 Å². The van der Waals surface area contributed by atoms with E-state index in [1.165, 1.54) is 12.4 Å². The van der Waals surface area contributed by atoms with Gasteiger partial charge in [-0.15, -0.1) is 0 Å². The first-order valence-electron chi connectivity index (χ1n) is 7.61. The van der Waals surface area contributed by atoms with Crippen molar-refractivity contribution in [2.24, 2.45) is 11.8 Å². The number of carbonyl (C=O) groups excluding carboxylic acids is 1. The molecule has 2 aliphatic heterocycles. The first-order chi connectivity index (χ1) is 10.6. The second-order valence-corrected chi connectivity index (χ2v) is 6.14. The van der Waals surface area contributed by atoms with Crippen LogP contribution in [0.3, 0.4) is 0 Å². The number of fused-ring (bicyclic) bond motifs is 1. The number of halogens is 1. The van der Waals surface area contributed by atoms with Gasteiger partial charge in [0, 0.05) is 45.6 Å². The highest BCUT2D eigenvalue weighted by atomic mass is 19.1. The number of hydrogen-bond acceptors (Lipinski definition) is 5. The summed E-state index contributed by atoms with van der Waals surface area (Å²) in [6, 6.07) is 0. The Morgan fingerprint density at radius 1 is 1.36 bits per heavy atom. The Bertz CT molecular complexity index is 537. The van der Waals surface area contributed by atoms with E-state index in [0.717, 1.165) is 19.4 Å². The maximum absolute atomic E-state index is 13.0. The van der Waals surface area contributed by atoms with Gasteiger partial charge < -0.3 is 14.5 Å². The molecule has 0 bridgehead atoms. The predicted molar refractivity (Wildman–Crippen MR) is 78.9 cm³/mol. The molecule has 2 aliphatic rings. The van der Waals surface area contributed by atoms with Crippen LogP contribution in [0.15, 0.2) is 12.4 Å². The maximum atomic E-state index is 13.0. The van der Waals surface area contributed by atoms with Crippen molar-refractivity contribution < 1.29 is 13.9 Å². The van der Waals surface area contributed by atoms with Gasteiger partial charge in [-0.05, 0) is 12.8 Å². The van der Waals surface area contributed by atoms with E-state index >= 15 is 0 Å². The Balaban J connectivity index is 1.77. The number of ether oxygens (including phenoxy) is 1. The Kier molecular flexibility index (Phi) is 4.24. The van der Waals surface area contributed by atoms with Crippen LogP contribution in [0.2, 0.25) is 0 Å². The lowest BCUT2D eigenvalue weighted by atomic mass is 9.79. The van der Waals surface area contributed by atoms with E-state index in [9.17, 15) is 9.18 Å². The SMILES string of the molecule is CN(C)C(=O)[C@@H]1CCO[C@@H]2CCN(c3ncc(F)cn3)C[C@H]21. The average Bonchev–Trinajstić information content (AvgIpc) is 2.53. The zero-order valence-corrected chi connectivity index (χ0v) is 12.9. The second-order valence-electron chi connectivity index (χ2n) is 6.14. The highest BCUT2D eigenvalue weighted by molar-refractivity contribution is 5.79. The number of aromatic nitrogens is 2. The summed E-state index contributed by atoms with van der Waals surface area (Å²) in [6.45, 7) is 2.06. The van der Waals surface area contributed by atoms with Crippen molar-refractivity contribution >= 4 is 11.9 Å². The molecule has 0 N–H and O–H groups in total. The summed E-state index contributed by atoms with van der Waals surface area (Å²) < 4.78 is 18.8. The first kappa shape index (κ1) is 15.1. The van der Waals surface area contributed by atoms with Crippen LogP contribution in [0.1, 0.15) is 12.8 Å². The van der Waals surface area contributed by atoms with Gasteiger partial charge in [0.1, 0.15) is 0 Å². The van der Waals surface area contributed by atoms with Gasteiger partial charge in [0.25, 0.3) is 0 Å². The molecule has 0 radical (unpaired) electrons. The largest absolute Gasteiger partial charge is 0.378 e. The third kappa shape index (κ3) is 2.90. The molecule has 6 nitrogen and oxygen atoms in total. The van der Waals surface area contributed by atoms with Gasteiger partial charge in [-0.25, -0.2) is 14.4 Å². The van der Waals surface area contributed by atoms with Crippen LogP contribution in [0, 0.1) is 17.7 Å². The van der Waals surface area contributed by atoms with Gasteiger partial charge in [-0.2, -0.15) is 0 Å². The van der Waals surface area contributed by atoms with E-state index in [4.69, 9.17) is 4.74 Å². The summed E-state index contributed by atoms with van der Waals surface area (Å²) in [6.07, 6.45) is 4.04. The van der Waals surface area contributed by atoms with E-state index in [0.29, 0.717) is 19.1 Å². The van der Waals surface area contributed by atoms with Gasteiger partial charge in [-0.3, -0.25) is 4.79 Å². The fourth-order valence-electron chi connectivity index (χ4n) is 3.40. The molecule has 0 aromatic carbocycles. The van der Waals surface area contributed by atoms with E-state index in [-0.39, 0.29) is 23.8 Å². The molecular formula is C15H21FN4O2. The smallest absolute Gasteiger partial charge is 0.225 e. The standard InChI is InChI=1S/C15H21FN4O2/c1-19(2)14(21)11-4-6-22-13-3-5-20(9-12(11)13)15-17-7-10(16)8-18-15/h7-8,11-13H,3-6,9H2,1-2H3/t11-,12+,13-/m1/s1. The molecule has 3 rings (SSSR count). The van der Waals surface area contributed by atoms with Crippen molar-refractivity contribution in [3.8, 4) is 0 Å². The Morgan fingerprint density at radius 3 is 2.77 bits per heavy atom. The fourth-order valence-corrected chi connectivity index (χ4v) is 3.40. The van der Waals surface area contributed by atoms with Crippen molar-refractivity contribution in [1.82, 2.24) is 14.9 Å². The number of carbonyl (C=O) groups is 1. The van der Waals surface area contributed by atoms with Gasteiger partial charge in [0.05, 0.1) is 18.5 Å². The third-order valence-electron chi connectivity index (χ3n) is 4.52. The first-order valence-corrected chi connectivity index (χ1v) is 7.61. The van der Waals surface area contributed by atoms with E-state index < -0.39 is 5.82 Å².